The van der Waals surface area contributed by atoms with Crippen LogP contribution >= 0.6 is 0 Å². The van der Waals surface area contributed by atoms with Gasteiger partial charge in [0.2, 0.25) is 0 Å². The summed E-state index contributed by atoms with van der Waals surface area (Å²) in [6.45, 7) is 3.51. The quantitative estimate of drug-likeness (QED) is 0.869. The lowest BCUT2D eigenvalue weighted by Crippen LogP contribution is -2.31. The average Bonchev–Trinajstić information content (AvgIpc) is 2.17. The van der Waals surface area contributed by atoms with Gasteiger partial charge in [-0.25, -0.2) is 0 Å². The van der Waals surface area contributed by atoms with Crippen LogP contribution in [0.15, 0.2) is 18.5 Å². The number of nitrogens with one attached hydrogen (secondary N) is 1. The highest BCUT2D eigenvalue weighted by molar-refractivity contribution is 5.44. The topological polar surface area (TPSA) is 34.2 Å². The lowest BCUT2D eigenvalue weighted by molar-refractivity contribution is -0.189. The lowest BCUT2D eigenvalue weighted by atomic mass is 10.3. The predicted molar refractivity (Wildman–Crippen MR) is 54.5 cm³/mol. The van der Waals surface area contributed by atoms with Crippen molar-refractivity contribution in [3.8, 4) is 5.75 Å². The van der Waals surface area contributed by atoms with Crippen molar-refractivity contribution in [1.82, 2.24) is 4.98 Å². The minimum atomic E-state index is -4.37. The average molecular weight is 234 g/mol. The van der Waals surface area contributed by atoms with Crippen LogP contribution in [0.5, 0.6) is 5.75 Å². The summed E-state index contributed by atoms with van der Waals surface area (Å²) in [7, 11) is 0. The number of alkyl halides is 3. The molecule has 0 saturated carbocycles. The smallest absolute Gasteiger partial charge is 0.425 e. The Kier molecular flexibility index (Phi) is 3.98. The van der Waals surface area contributed by atoms with E-state index in [0.29, 0.717) is 12.2 Å². The van der Waals surface area contributed by atoms with Crippen LogP contribution < -0.4 is 10.1 Å². The highest BCUT2D eigenvalue weighted by Gasteiger charge is 2.38. The SMILES string of the molecule is CCNc1cncc(OC(C)C(F)(F)F)c1. The maximum absolute atomic E-state index is 12.2. The summed E-state index contributed by atoms with van der Waals surface area (Å²) in [5, 5.41) is 2.94. The number of hydrogen-bond acceptors (Lipinski definition) is 3. The van der Waals surface area contributed by atoms with Gasteiger partial charge < -0.3 is 10.1 Å². The molecular formula is C10H13F3N2O. The third kappa shape index (κ3) is 3.60. The van der Waals surface area contributed by atoms with Crippen molar-refractivity contribution >= 4 is 5.69 Å². The second kappa shape index (κ2) is 5.05. The van der Waals surface area contributed by atoms with Crippen LogP contribution in [0, 0.1) is 0 Å². The molecule has 0 aliphatic rings. The van der Waals surface area contributed by atoms with Crippen LogP contribution in [0.1, 0.15) is 13.8 Å². The zero-order valence-corrected chi connectivity index (χ0v) is 9.01. The Hall–Kier alpha value is -1.46. The lowest BCUT2D eigenvalue weighted by Gasteiger charge is -2.17. The first-order valence-electron chi connectivity index (χ1n) is 4.85. The summed E-state index contributed by atoms with van der Waals surface area (Å²) < 4.78 is 41.4. The largest absolute Gasteiger partial charge is 0.480 e. The summed E-state index contributed by atoms with van der Waals surface area (Å²) in [5.41, 5.74) is 0.634. The molecule has 90 valence electrons. The number of nitrogens with zero attached hydrogens (tertiary/aromatic N) is 1. The van der Waals surface area contributed by atoms with Gasteiger partial charge in [-0.1, -0.05) is 0 Å². The van der Waals surface area contributed by atoms with E-state index in [1.54, 1.807) is 0 Å². The second-order valence-corrected chi connectivity index (χ2v) is 3.24. The van der Waals surface area contributed by atoms with E-state index in [1.807, 2.05) is 6.92 Å². The van der Waals surface area contributed by atoms with Crippen LogP contribution in [0.2, 0.25) is 0 Å². The standard InChI is InChI=1S/C10H13F3N2O/c1-3-15-8-4-9(6-14-5-8)16-7(2)10(11,12)13/h4-7,15H,3H2,1-2H3. The zero-order chi connectivity index (χ0) is 12.2. The fourth-order valence-corrected chi connectivity index (χ4v) is 1.06. The van der Waals surface area contributed by atoms with E-state index in [-0.39, 0.29) is 5.75 Å². The molecule has 0 bridgehead atoms. The molecule has 0 aromatic carbocycles. The maximum Gasteiger partial charge on any atom is 0.425 e. The van der Waals surface area contributed by atoms with Gasteiger partial charge in [0.05, 0.1) is 18.1 Å². The number of hydrogen-bond donors (Lipinski definition) is 1. The summed E-state index contributed by atoms with van der Waals surface area (Å²) in [5.74, 6) is 0.100. The summed E-state index contributed by atoms with van der Waals surface area (Å²) in [6.07, 6.45) is -3.43. The summed E-state index contributed by atoms with van der Waals surface area (Å²) in [6, 6.07) is 1.48. The van der Waals surface area contributed by atoms with Crippen molar-refractivity contribution in [2.24, 2.45) is 0 Å². The summed E-state index contributed by atoms with van der Waals surface area (Å²) >= 11 is 0. The van der Waals surface area contributed by atoms with Crippen LogP contribution in [-0.4, -0.2) is 23.8 Å². The number of aromatic nitrogens is 1. The van der Waals surface area contributed by atoms with Crippen molar-refractivity contribution < 1.29 is 17.9 Å². The Balaban J connectivity index is 2.70. The van der Waals surface area contributed by atoms with Gasteiger partial charge in [-0.2, -0.15) is 13.2 Å². The highest BCUT2D eigenvalue weighted by atomic mass is 19.4. The molecule has 0 spiro atoms. The normalized spacial score (nSPS) is 13.3. The van der Waals surface area contributed by atoms with Crippen LogP contribution in [-0.2, 0) is 0 Å². The molecule has 0 fully saturated rings. The fourth-order valence-electron chi connectivity index (χ4n) is 1.06. The molecular weight excluding hydrogens is 221 g/mol. The van der Waals surface area contributed by atoms with Crippen LogP contribution in [0.25, 0.3) is 0 Å². The molecule has 1 N–H and O–H groups in total. The predicted octanol–water partition coefficient (Wildman–Crippen LogP) is 2.84. The third-order valence-electron chi connectivity index (χ3n) is 1.87. The Morgan fingerprint density at radius 1 is 1.44 bits per heavy atom. The Morgan fingerprint density at radius 2 is 2.12 bits per heavy atom. The van der Waals surface area contributed by atoms with Gasteiger partial charge >= 0.3 is 6.18 Å². The molecule has 6 heteroatoms. The Morgan fingerprint density at radius 3 is 2.69 bits per heavy atom. The van der Waals surface area contributed by atoms with Crippen LogP contribution in [0.4, 0.5) is 18.9 Å². The van der Waals surface area contributed by atoms with Gasteiger partial charge in [-0.05, 0) is 13.8 Å². The van der Waals surface area contributed by atoms with Crippen molar-refractivity contribution in [2.75, 3.05) is 11.9 Å². The first-order chi connectivity index (χ1) is 7.43. The molecule has 1 atom stereocenters. The minimum Gasteiger partial charge on any atom is -0.480 e. The monoisotopic (exact) mass is 234 g/mol. The number of halogens is 3. The molecule has 0 amide bonds. The van der Waals surface area contributed by atoms with E-state index >= 15 is 0 Å². The molecule has 1 aromatic rings. The number of anilines is 1. The van der Waals surface area contributed by atoms with Gasteiger partial charge in [0.1, 0.15) is 5.75 Å². The Labute approximate surface area is 91.6 Å². The molecule has 0 aliphatic heterocycles. The first kappa shape index (κ1) is 12.6. The van der Waals surface area contributed by atoms with Crippen LogP contribution in [0.3, 0.4) is 0 Å². The fraction of sp³-hybridized carbons (Fsp3) is 0.500. The molecule has 1 aromatic heterocycles. The van der Waals surface area contributed by atoms with Crippen molar-refractivity contribution in [1.29, 1.82) is 0 Å². The molecule has 0 radical (unpaired) electrons. The Bertz CT molecular complexity index is 341. The first-order valence-corrected chi connectivity index (χ1v) is 4.85. The van der Waals surface area contributed by atoms with Gasteiger partial charge in [0.15, 0.2) is 6.10 Å². The highest BCUT2D eigenvalue weighted by Crippen LogP contribution is 2.25. The minimum absolute atomic E-state index is 0.100. The number of pyridine rings is 1. The van der Waals surface area contributed by atoms with E-state index in [4.69, 9.17) is 4.74 Å². The third-order valence-corrected chi connectivity index (χ3v) is 1.87. The van der Waals surface area contributed by atoms with E-state index < -0.39 is 12.3 Å². The number of ether oxygens (including phenoxy) is 1. The van der Waals surface area contributed by atoms with Gasteiger partial charge in [-0.3, -0.25) is 4.98 Å². The molecule has 1 heterocycles. The van der Waals surface area contributed by atoms with Crippen molar-refractivity contribution in [3.05, 3.63) is 18.5 Å². The maximum atomic E-state index is 12.2. The summed E-state index contributed by atoms with van der Waals surface area (Å²) in [4.78, 5) is 3.78. The molecule has 0 aliphatic carbocycles. The molecule has 3 nitrogen and oxygen atoms in total. The van der Waals surface area contributed by atoms with E-state index in [0.717, 1.165) is 6.92 Å². The van der Waals surface area contributed by atoms with E-state index in [2.05, 4.69) is 10.3 Å². The molecule has 16 heavy (non-hydrogen) atoms. The molecule has 0 saturated heterocycles. The number of rotatable bonds is 4. The van der Waals surface area contributed by atoms with E-state index in [9.17, 15) is 13.2 Å². The zero-order valence-electron chi connectivity index (χ0n) is 9.01. The molecule has 1 unspecified atom stereocenters. The van der Waals surface area contributed by atoms with E-state index in [1.165, 1.54) is 18.5 Å². The molecule has 1 rings (SSSR count). The second-order valence-electron chi connectivity index (χ2n) is 3.24. The van der Waals surface area contributed by atoms with Gasteiger partial charge in [0.25, 0.3) is 0 Å². The van der Waals surface area contributed by atoms with Crippen molar-refractivity contribution in [2.45, 2.75) is 26.1 Å². The van der Waals surface area contributed by atoms with Gasteiger partial charge in [-0.15, -0.1) is 0 Å². The van der Waals surface area contributed by atoms with Crippen molar-refractivity contribution in [3.63, 3.8) is 0 Å². The van der Waals surface area contributed by atoms with Gasteiger partial charge in [0, 0.05) is 12.6 Å².